The molecule has 0 heterocycles. The van der Waals surface area contributed by atoms with Crippen LogP contribution in [0.2, 0.25) is 0 Å². The molecule has 1 N–H and O–H groups in total. The third-order valence-electron chi connectivity index (χ3n) is 6.27. The first-order valence-corrected chi connectivity index (χ1v) is 11.4. The van der Waals surface area contributed by atoms with E-state index >= 15 is 0 Å². The molecule has 0 bridgehead atoms. The molecular weight excluding hydrogens is 432 g/mol. The average Bonchev–Trinajstić information content (AvgIpc) is 2.89. The normalized spacial score (nSPS) is 14.8. The standard InChI is InChI=1S/C27H26N2O5/c30-26(21-17-15-19(16-18-21)23-13-7-8-14-24(23)29(32)33)25(20-9-3-1-4-10-20)28-34-27(31)22-11-5-2-6-12-22/h2,5-8,11-18,20,25,28H,1,3-4,9-10H2. The third-order valence-corrected chi connectivity index (χ3v) is 6.27. The number of hydrogen-bond donors (Lipinski definition) is 1. The van der Waals surface area contributed by atoms with Gasteiger partial charge in [-0.2, -0.15) is 0 Å². The lowest BCUT2D eigenvalue weighted by Gasteiger charge is -2.29. The van der Waals surface area contributed by atoms with Gasteiger partial charge in [-0.05, 0) is 42.5 Å². The van der Waals surface area contributed by atoms with E-state index in [-0.39, 0.29) is 17.4 Å². The van der Waals surface area contributed by atoms with Gasteiger partial charge in [-0.1, -0.05) is 73.9 Å². The van der Waals surface area contributed by atoms with Gasteiger partial charge in [-0.15, -0.1) is 5.48 Å². The van der Waals surface area contributed by atoms with Crippen molar-refractivity contribution in [2.45, 2.75) is 38.1 Å². The maximum absolute atomic E-state index is 13.5. The van der Waals surface area contributed by atoms with Crippen molar-refractivity contribution in [2.24, 2.45) is 5.92 Å². The number of nitrogens with one attached hydrogen (secondary N) is 1. The predicted octanol–water partition coefficient (Wildman–Crippen LogP) is 5.76. The molecule has 1 atom stereocenters. The molecule has 1 unspecified atom stereocenters. The lowest BCUT2D eigenvalue weighted by molar-refractivity contribution is -0.384. The molecule has 0 saturated heterocycles. The van der Waals surface area contributed by atoms with Gasteiger partial charge < -0.3 is 4.84 Å². The molecule has 0 radical (unpaired) electrons. The molecule has 1 fully saturated rings. The van der Waals surface area contributed by atoms with Crippen molar-refractivity contribution in [3.8, 4) is 11.1 Å². The van der Waals surface area contributed by atoms with Crippen molar-refractivity contribution in [2.75, 3.05) is 0 Å². The number of ketones is 1. The number of hydrogen-bond acceptors (Lipinski definition) is 6. The number of hydroxylamine groups is 1. The van der Waals surface area contributed by atoms with Gasteiger partial charge >= 0.3 is 5.97 Å². The summed E-state index contributed by atoms with van der Waals surface area (Å²) in [5.41, 5.74) is 4.78. The second kappa shape index (κ2) is 10.9. The topological polar surface area (TPSA) is 98.5 Å². The van der Waals surface area contributed by atoms with Crippen LogP contribution in [0.4, 0.5) is 5.69 Å². The lowest BCUT2D eigenvalue weighted by atomic mass is 9.81. The number of benzene rings is 3. The Bertz CT molecular complexity index is 1160. The van der Waals surface area contributed by atoms with Gasteiger partial charge in [0.05, 0.1) is 16.1 Å². The van der Waals surface area contributed by atoms with E-state index in [0.717, 1.165) is 32.1 Å². The Morgan fingerprint density at radius 1 is 0.853 bits per heavy atom. The zero-order chi connectivity index (χ0) is 23.9. The van der Waals surface area contributed by atoms with Crippen molar-refractivity contribution >= 4 is 17.4 Å². The van der Waals surface area contributed by atoms with Crippen LogP contribution >= 0.6 is 0 Å². The minimum Gasteiger partial charge on any atom is -0.366 e. The zero-order valence-corrected chi connectivity index (χ0v) is 18.7. The summed E-state index contributed by atoms with van der Waals surface area (Å²) >= 11 is 0. The Balaban J connectivity index is 1.54. The fourth-order valence-corrected chi connectivity index (χ4v) is 4.45. The average molecular weight is 459 g/mol. The van der Waals surface area contributed by atoms with Crippen LogP contribution in [0.3, 0.4) is 0 Å². The summed E-state index contributed by atoms with van der Waals surface area (Å²) in [7, 11) is 0. The van der Waals surface area contributed by atoms with Crippen LogP contribution in [0.25, 0.3) is 11.1 Å². The van der Waals surface area contributed by atoms with E-state index in [1.807, 2.05) is 6.07 Å². The highest BCUT2D eigenvalue weighted by atomic mass is 16.7. The highest BCUT2D eigenvalue weighted by Crippen LogP contribution is 2.31. The second-order valence-electron chi connectivity index (χ2n) is 8.47. The highest BCUT2D eigenvalue weighted by Gasteiger charge is 2.31. The molecule has 4 rings (SSSR count). The first-order chi connectivity index (χ1) is 16.5. The third kappa shape index (κ3) is 5.38. The van der Waals surface area contributed by atoms with Crippen LogP contribution in [-0.4, -0.2) is 22.7 Å². The summed E-state index contributed by atoms with van der Waals surface area (Å²) in [4.78, 5) is 42.2. The van der Waals surface area contributed by atoms with Crippen LogP contribution in [0.1, 0.15) is 52.8 Å². The minimum absolute atomic E-state index is 0.0103. The maximum Gasteiger partial charge on any atom is 0.356 e. The zero-order valence-electron chi connectivity index (χ0n) is 18.7. The fourth-order valence-electron chi connectivity index (χ4n) is 4.45. The summed E-state index contributed by atoms with van der Waals surface area (Å²) in [6.45, 7) is 0. The van der Waals surface area contributed by atoms with Gasteiger partial charge in [0, 0.05) is 11.6 Å². The number of carbonyl (C=O) groups is 2. The molecule has 1 saturated carbocycles. The Hall–Kier alpha value is -3.84. The molecule has 3 aromatic rings. The molecule has 1 aliphatic rings. The van der Waals surface area contributed by atoms with E-state index < -0.39 is 16.9 Å². The van der Waals surface area contributed by atoms with Crippen molar-refractivity contribution in [1.29, 1.82) is 0 Å². The van der Waals surface area contributed by atoms with Crippen LogP contribution in [0, 0.1) is 16.0 Å². The van der Waals surface area contributed by atoms with Gasteiger partial charge in [0.2, 0.25) is 0 Å². The minimum atomic E-state index is -0.662. The maximum atomic E-state index is 13.5. The number of nitro groups is 1. The highest BCUT2D eigenvalue weighted by molar-refractivity contribution is 6.01. The Labute approximate surface area is 197 Å². The number of rotatable bonds is 8. The number of nitrogens with zero attached hydrogens (tertiary/aromatic N) is 1. The van der Waals surface area contributed by atoms with E-state index in [1.165, 1.54) is 6.07 Å². The Morgan fingerprint density at radius 3 is 2.18 bits per heavy atom. The lowest BCUT2D eigenvalue weighted by Crippen LogP contribution is -2.44. The molecule has 0 aromatic heterocycles. The van der Waals surface area contributed by atoms with E-state index in [9.17, 15) is 19.7 Å². The molecule has 1 aliphatic carbocycles. The monoisotopic (exact) mass is 458 g/mol. The molecular formula is C27H26N2O5. The molecule has 0 aliphatic heterocycles. The van der Waals surface area contributed by atoms with Gasteiger partial charge in [0.15, 0.2) is 5.78 Å². The summed E-state index contributed by atoms with van der Waals surface area (Å²) in [6, 6.07) is 21.2. The number of Topliss-reactive ketones (excluding diaryl/α,β-unsaturated/α-hetero) is 1. The number of carbonyl (C=O) groups excluding carboxylic acids is 2. The molecule has 7 nitrogen and oxygen atoms in total. The van der Waals surface area contributed by atoms with Crippen LogP contribution in [-0.2, 0) is 4.84 Å². The van der Waals surface area contributed by atoms with Crippen molar-refractivity contribution in [3.63, 3.8) is 0 Å². The van der Waals surface area contributed by atoms with Crippen molar-refractivity contribution in [1.82, 2.24) is 5.48 Å². The Kier molecular flexibility index (Phi) is 7.44. The van der Waals surface area contributed by atoms with Gasteiger partial charge in [0.1, 0.15) is 6.04 Å². The van der Waals surface area contributed by atoms with Crippen LogP contribution < -0.4 is 5.48 Å². The number of nitro benzene ring substituents is 1. The van der Waals surface area contributed by atoms with E-state index in [1.54, 1.807) is 66.7 Å². The van der Waals surface area contributed by atoms with E-state index in [0.29, 0.717) is 22.3 Å². The smallest absolute Gasteiger partial charge is 0.356 e. The summed E-state index contributed by atoms with van der Waals surface area (Å²) < 4.78 is 0. The summed E-state index contributed by atoms with van der Waals surface area (Å²) in [6.07, 6.45) is 4.94. The van der Waals surface area contributed by atoms with Gasteiger partial charge in [-0.3, -0.25) is 14.9 Å². The SMILES string of the molecule is O=C(ONC(C(=O)c1ccc(-c2ccccc2[N+](=O)[O-])cc1)C1CCCCC1)c1ccccc1. The quantitative estimate of drug-likeness (QED) is 0.262. The van der Waals surface area contributed by atoms with E-state index in [2.05, 4.69) is 5.48 Å². The predicted molar refractivity (Wildman–Crippen MR) is 128 cm³/mol. The van der Waals surface area contributed by atoms with E-state index in [4.69, 9.17) is 4.84 Å². The second-order valence-corrected chi connectivity index (χ2v) is 8.47. The molecule has 3 aromatic carbocycles. The summed E-state index contributed by atoms with van der Waals surface area (Å²) in [5.74, 6) is -0.650. The molecule has 0 spiro atoms. The summed E-state index contributed by atoms with van der Waals surface area (Å²) in [5, 5.41) is 11.4. The first kappa shape index (κ1) is 23.3. The first-order valence-electron chi connectivity index (χ1n) is 11.4. The van der Waals surface area contributed by atoms with Crippen LogP contribution in [0.5, 0.6) is 0 Å². The molecule has 0 amide bonds. The van der Waals surface area contributed by atoms with Crippen LogP contribution in [0.15, 0.2) is 78.9 Å². The Morgan fingerprint density at radius 2 is 1.50 bits per heavy atom. The van der Waals surface area contributed by atoms with Crippen molar-refractivity contribution in [3.05, 3.63) is 100 Å². The molecule has 174 valence electrons. The van der Waals surface area contributed by atoms with Gasteiger partial charge in [-0.25, -0.2) is 4.79 Å². The molecule has 34 heavy (non-hydrogen) atoms. The fraction of sp³-hybridized carbons (Fsp3) is 0.259. The largest absolute Gasteiger partial charge is 0.366 e. The number of para-hydroxylation sites is 1. The van der Waals surface area contributed by atoms with Gasteiger partial charge in [0.25, 0.3) is 5.69 Å². The van der Waals surface area contributed by atoms with Crippen molar-refractivity contribution < 1.29 is 19.3 Å². The molecule has 7 heteroatoms.